The summed E-state index contributed by atoms with van der Waals surface area (Å²) in [5.41, 5.74) is 4.75. The van der Waals surface area contributed by atoms with Crippen LogP contribution in [0.2, 0.25) is 0 Å². The zero-order valence-electron chi connectivity index (χ0n) is 10.6. The van der Waals surface area contributed by atoms with Gasteiger partial charge in [0.05, 0.1) is 16.8 Å². The molecule has 2 rings (SSSR count). The number of aromatic nitrogens is 2. The summed E-state index contributed by atoms with van der Waals surface area (Å²) in [6, 6.07) is 6.82. The van der Waals surface area contributed by atoms with Gasteiger partial charge in [0.2, 0.25) is 0 Å². The molecule has 1 N–H and O–H groups in total. The summed E-state index contributed by atoms with van der Waals surface area (Å²) in [4.78, 5) is 13.9. The Morgan fingerprint density at radius 2 is 2.21 bits per heavy atom. The molecular weight excluding hydrogens is 246 g/mol. The molecule has 0 aromatic carbocycles. The highest BCUT2D eigenvalue weighted by atomic mass is 16.6. The highest BCUT2D eigenvalue weighted by Gasteiger charge is 2.04. The van der Waals surface area contributed by atoms with Gasteiger partial charge in [0.1, 0.15) is 12.0 Å². The Hall–Kier alpha value is -2.70. The number of hydrogen-bond acceptors (Lipinski definition) is 5. The molecule has 0 aliphatic carbocycles. The van der Waals surface area contributed by atoms with Crippen LogP contribution in [-0.4, -0.2) is 20.7 Å². The highest BCUT2D eigenvalue weighted by Crippen LogP contribution is 2.11. The Balaban J connectivity index is 2.02. The molecule has 0 saturated heterocycles. The third-order valence-electron chi connectivity index (χ3n) is 2.75. The molecule has 0 atom stereocenters. The van der Waals surface area contributed by atoms with Crippen molar-refractivity contribution >= 4 is 17.7 Å². The quantitative estimate of drug-likeness (QED) is 0.517. The van der Waals surface area contributed by atoms with Gasteiger partial charge in [-0.25, -0.2) is 4.98 Å². The van der Waals surface area contributed by atoms with Gasteiger partial charge in [0.15, 0.2) is 0 Å². The van der Waals surface area contributed by atoms with Crippen molar-refractivity contribution in [3.63, 3.8) is 0 Å². The van der Waals surface area contributed by atoms with E-state index in [0.29, 0.717) is 5.82 Å². The van der Waals surface area contributed by atoms with Crippen LogP contribution in [0.1, 0.15) is 11.4 Å². The number of nitro groups is 1. The normalized spacial score (nSPS) is 10.8. The van der Waals surface area contributed by atoms with E-state index in [1.54, 1.807) is 6.21 Å². The van der Waals surface area contributed by atoms with E-state index in [9.17, 15) is 10.1 Å². The number of rotatable bonds is 4. The Morgan fingerprint density at radius 3 is 2.74 bits per heavy atom. The largest absolute Gasteiger partial charge is 0.347 e. The first kappa shape index (κ1) is 12.7. The second-order valence-electron chi connectivity index (χ2n) is 3.99. The SMILES string of the molecule is Cc1ccc(/C=N/Nc2ccc([N+](=O)[O-])cn2)n1C. The minimum atomic E-state index is -0.493. The maximum absolute atomic E-state index is 10.5. The van der Waals surface area contributed by atoms with E-state index in [0.717, 1.165) is 11.4 Å². The standard InChI is InChI=1S/C12H13N5O2/c1-9-3-4-10(16(9)2)8-14-15-12-6-5-11(7-13-12)17(18)19/h3-8H,1-2H3,(H,13,15)/b14-8+. The van der Waals surface area contributed by atoms with Gasteiger partial charge in [-0.1, -0.05) is 0 Å². The van der Waals surface area contributed by atoms with Crippen LogP contribution in [0.3, 0.4) is 0 Å². The topological polar surface area (TPSA) is 85.3 Å². The molecule has 2 heterocycles. The first-order valence-electron chi connectivity index (χ1n) is 5.60. The van der Waals surface area contributed by atoms with Crippen molar-refractivity contribution in [1.29, 1.82) is 0 Å². The molecule has 0 fully saturated rings. The van der Waals surface area contributed by atoms with Crippen LogP contribution < -0.4 is 5.43 Å². The van der Waals surface area contributed by atoms with Gasteiger partial charge in [-0.3, -0.25) is 15.5 Å². The van der Waals surface area contributed by atoms with Crippen molar-refractivity contribution in [2.75, 3.05) is 5.43 Å². The average Bonchev–Trinajstić information content (AvgIpc) is 2.71. The molecule has 0 radical (unpaired) electrons. The fourth-order valence-corrected chi connectivity index (χ4v) is 1.49. The third-order valence-corrected chi connectivity index (χ3v) is 2.75. The van der Waals surface area contributed by atoms with Gasteiger partial charge in [0, 0.05) is 18.8 Å². The molecule has 0 aliphatic heterocycles. The zero-order valence-corrected chi connectivity index (χ0v) is 10.6. The number of nitrogens with one attached hydrogen (secondary N) is 1. The third kappa shape index (κ3) is 2.95. The lowest BCUT2D eigenvalue weighted by Gasteiger charge is -2.00. The van der Waals surface area contributed by atoms with Gasteiger partial charge in [0.25, 0.3) is 5.69 Å². The summed E-state index contributed by atoms with van der Waals surface area (Å²) < 4.78 is 1.99. The van der Waals surface area contributed by atoms with E-state index >= 15 is 0 Å². The van der Waals surface area contributed by atoms with Crippen LogP contribution in [0.25, 0.3) is 0 Å². The first-order valence-corrected chi connectivity index (χ1v) is 5.60. The van der Waals surface area contributed by atoms with Gasteiger partial charge in [-0.2, -0.15) is 5.10 Å². The highest BCUT2D eigenvalue weighted by molar-refractivity contribution is 5.78. The summed E-state index contributed by atoms with van der Waals surface area (Å²) in [5, 5.41) is 14.5. The molecule has 0 unspecified atom stereocenters. The smallest absolute Gasteiger partial charge is 0.287 e. The van der Waals surface area contributed by atoms with Crippen LogP contribution in [0, 0.1) is 17.0 Å². The van der Waals surface area contributed by atoms with Crippen LogP contribution in [0.4, 0.5) is 11.5 Å². The van der Waals surface area contributed by atoms with Crippen molar-refractivity contribution in [2.24, 2.45) is 12.1 Å². The van der Waals surface area contributed by atoms with Crippen molar-refractivity contribution in [1.82, 2.24) is 9.55 Å². The van der Waals surface area contributed by atoms with Gasteiger partial charge in [-0.15, -0.1) is 0 Å². The molecule has 7 heteroatoms. The Kier molecular flexibility index (Phi) is 3.56. The van der Waals surface area contributed by atoms with Gasteiger partial charge in [-0.05, 0) is 25.1 Å². The Labute approximate surface area is 109 Å². The predicted octanol–water partition coefficient (Wildman–Crippen LogP) is 2.08. The summed E-state index contributed by atoms with van der Waals surface area (Å²) in [6.45, 7) is 2.00. The molecule has 2 aromatic heterocycles. The molecule has 2 aromatic rings. The van der Waals surface area contributed by atoms with E-state index in [4.69, 9.17) is 0 Å². The molecule has 0 spiro atoms. The summed E-state index contributed by atoms with van der Waals surface area (Å²) in [5.74, 6) is 0.452. The van der Waals surface area contributed by atoms with E-state index in [1.165, 1.54) is 18.3 Å². The molecule has 0 amide bonds. The summed E-state index contributed by atoms with van der Waals surface area (Å²) in [6.07, 6.45) is 2.85. The molecule has 98 valence electrons. The average molecular weight is 259 g/mol. The number of pyridine rings is 1. The van der Waals surface area contributed by atoms with E-state index in [-0.39, 0.29) is 5.69 Å². The lowest BCUT2D eigenvalue weighted by Crippen LogP contribution is -1.99. The van der Waals surface area contributed by atoms with Crippen molar-refractivity contribution in [3.05, 3.63) is 52.0 Å². The molecule has 0 bridgehead atoms. The van der Waals surface area contributed by atoms with E-state index in [1.807, 2.05) is 30.7 Å². The number of anilines is 1. The Bertz CT molecular complexity index is 616. The summed E-state index contributed by atoms with van der Waals surface area (Å²) >= 11 is 0. The predicted molar refractivity (Wildman–Crippen MR) is 72.3 cm³/mol. The van der Waals surface area contributed by atoms with Gasteiger partial charge < -0.3 is 4.57 Å². The molecular formula is C12H13N5O2. The van der Waals surface area contributed by atoms with Crippen LogP contribution in [0.5, 0.6) is 0 Å². The van der Waals surface area contributed by atoms with Crippen molar-refractivity contribution in [3.8, 4) is 0 Å². The second kappa shape index (κ2) is 5.30. The molecule has 7 nitrogen and oxygen atoms in total. The maximum atomic E-state index is 10.5. The molecule has 0 saturated carbocycles. The minimum absolute atomic E-state index is 0.0485. The second-order valence-corrected chi connectivity index (χ2v) is 3.99. The minimum Gasteiger partial charge on any atom is -0.347 e. The number of aryl methyl sites for hydroxylation is 1. The number of hydrogen-bond donors (Lipinski definition) is 1. The molecule has 19 heavy (non-hydrogen) atoms. The number of nitrogens with zero attached hydrogens (tertiary/aromatic N) is 4. The Morgan fingerprint density at radius 1 is 1.42 bits per heavy atom. The van der Waals surface area contributed by atoms with Crippen LogP contribution >= 0.6 is 0 Å². The fraction of sp³-hybridized carbons (Fsp3) is 0.167. The first-order chi connectivity index (χ1) is 9.08. The zero-order chi connectivity index (χ0) is 13.8. The van der Waals surface area contributed by atoms with Crippen molar-refractivity contribution < 1.29 is 4.92 Å². The van der Waals surface area contributed by atoms with Gasteiger partial charge >= 0.3 is 0 Å². The van der Waals surface area contributed by atoms with Crippen LogP contribution in [-0.2, 0) is 7.05 Å². The lowest BCUT2D eigenvalue weighted by molar-refractivity contribution is -0.385. The molecule has 0 aliphatic rings. The lowest BCUT2D eigenvalue weighted by atomic mass is 10.4. The van der Waals surface area contributed by atoms with E-state index in [2.05, 4.69) is 15.5 Å². The summed E-state index contributed by atoms with van der Waals surface area (Å²) in [7, 11) is 1.95. The van der Waals surface area contributed by atoms with Crippen LogP contribution in [0.15, 0.2) is 35.6 Å². The number of hydrazone groups is 1. The van der Waals surface area contributed by atoms with E-state index < -0.39 is 4.92 Å². The fourth-order valence-electron chi connectivity index (χ4n) is 1.49. The maximum Gasteiger partial charge on any atom is 0.287 e. The van der Waals surface area contributed by atoms with Crippen molar-refractivity contribution in [2.45, 2.75) is 6.92 Å². The monoisotopic (exact) mass is 259 g/mol.